The molecule has 1 aliphatic rings. The van der Waals surface area contributed by atoms with Crippen molar-refractivity contribution in [3.05, 3.63) is 102 Å². The number of nitriles is 1. The van der Waals surface area contributed by atoms with E-state index in [0.29, 0.717) is 31.9 Å². The molecule has 3 aromatic carbocycles. The van der Waals surface area contributed by atoms with Crippen LogP contribution in [-0.4, -0.2) is 49.1 Å². The summed E-state index contributed by atoms with van der Waals surface area (Å²) in [7, 11) is 1.63. The zero-order valence-corrected chi connectivity index (χ0v) is 21.2. The molecule has 1 fully saturated rings. The van der Waals surface area contributed by atoms with Gasteiger partial charge in [-0.3, -0.25) is 9.78 Å². The van der Waals surface area contributed by atoms with Gasteiger partial charge in [0.05, 0.1) is 13.2 Å². The van der Waals surface area contributed by atoms with Gasteiger partial charge in [0.1, 0.15) is 11.2 Å². The highest BCUT2D eigenvalue weighted by atomic mass is 16.5. The quantitative estimate of drug-likeness (QED) is 0.369. The lowest BCUT2D eigenvalue weighted by molar-refractivity contribution is -0.139. The number of para-hydroxylation sites is 1. The van der Waals surface area contributed by atoms with Gasteiger partial charge >= 0.3 is 0 Å². The molecule has 2 atom stereocenters. The van der Waals surface area contributed by atoms with Gasteiger partial charge in [-0.15, -0.1) is 0 Å². The van der Waals surface area contributed by atoms with Crippen LogP contribution in [0.25, 0.3) is 10.8 Å². The highest BCUT2D eigenvalue weighted by molar-refractivity contribution is 5.91. The molecule has 2 heterocycles. The van der Waals surface area contributed by atoms with Crippen molar-refractivity contribution in [1.82, 2.24) is 9.88 Å². The molecule has 0 radical (unpaired) electrons. The molecule has 5 rings (SSSR count). The molecule has 0 N–H and O–H groups in total. The third-order valence-corrected chi connectivity index (χ3v) is 7.43. The first-order valence-electron chi connectivity index (χ1n) is 12.5. The van der Waals surface area contributed by atoms with Gasteiger partial charge in [-0.2, -0.15) is 5.26 Å². The van der Waals surface area contributed by atoms with Gasteiger partial charge in [-0.25, -0.2) is 0 Å². The SMILES string of the molecule is COc1ccccc1[C@H](c1cccc2ccccc12)[C@@](C)(C#N)C(=O)N1CCN(c2ccncc2)CC1. The Kier molecular flexibility index (Phi) is 6.78. The Bertz CT molecular complexity index is 1440. The molecule has 37 heavy (non-hydrogen) atoms. The zero-order chi connectivity index (χ0) is 25.8. The molecule has 186 valence electrons. The smallest absolute Gasteiger partial charge is 0.243 e. The summed E-state index contributed by atoms with van der Waals surface area (Å²) in [5.74, 6) is -0.0177. The van der Waals surface area contributed by atoms with Crippen LogP contribution in [0.2, 0.25) is 0 Å². The predicted octanol–water partition coefficient (Wildman–Crippen LogP) is 5.25. The topological polar surface area (TPSA) is 69.5 Å². The van der Waals surface area contributed by atoms with Gasteiger partial charge in [0.2, 0.25) is 5.91 Å². The molecule has 4 aromatic rings. The second kappa shape index (κ2) is 10.3. The number of hydrogen-bond donors (Lipinski definition) is 0. The average molecular weight is 491 g/mol. The van der Waals surface area contributed by atoms with Crippen LogP contribution in [0.3, 0.4) is 0 Å². The lowest BCUT2D eigenvalue weighted by atomic mass is 9.68. The standard InChI is InChI=1S/C31H30N4O2/c1-31(22-32,30(36)35-20-18-34(19-21-35)24-14-16-33-17-15-24)29(27-11-5-6-13-28(27)37-2)26-12-7-9-23-8-3-4-10-25(23)26/h3-17,29H,18-21H2,1-2H3/t29-,31+/m0/s1. The van der Waals surface area contributed by atoms with Crippen LogP contribution in [0.15, 0.2) is 91.3 Å². The van der Waals surface area contributed by atoms with E-state index in [1.165, 1.54) is 0 Å². The van der Waals surface area contributed by atoms with Crippen molar-refractivity contribution in [2.75, 3.05) is 38.2 Å². The summed E-state index contributed by atoms with van der Waals surface area (Å²) < 4.78 is 5.74. The molecule has 1 aromatic heterocycles. The number of anilines is 1. The first-order chi connectivity index (χ1) is 18.1. The Morgan fingerprint density at radius 2 is 1.57 bits per heavy atom. The number of carbonyl (C=O) groups is 1. The number of hydrogen-bond acceptors (Lipinski definition) is 5. The number of piperazine rings is 1. The number of carbonyl (C=O) groups excluding carboxylic acids is 1. The Morgan fingerprint density at radius 3 is 2.30 bits per heavy atom. The molecular weight excluding hydrogens is 460 g/mol. The molecule has 6 heteroatoms. The fourth-order valence-corrected chi connectivity index (χ4v) is 5.48. The van der Waals surface area contributed by atoms with Crippen molar-refractivity contribution in [2.24, 2.45) is 5.41 Å². The van der Waals surface area contributed by atoms with Crippen molar-refractivity contribution < 1.29 is 9.53 Å². The van der Waals surface area contributed by atoms with Gasteiger partial charge in [0, 0.05) is 55.7 Å². The van der Waals surface area contributed by atoms with E-state index in [1.54, 1.807) is 26.4 Å². The van der Waals surface area contributed by atoms with E-state index in [9.17, 15) is 10.1 Å². The van der Waals surface area contributed by atoms with E-state index in [1.807, 2.05) is 65.6 Å². The fraction of sp³-hybridized carbons (Fsp3) is 0.258. The van der Waals surface area contributed by atoms with E-state index in [2.05, 4.69) is 34.2 Å². The van der Waals surface area contributed by atoms with Gasteiger partial charge in [-0.05, 0) is 41.5 Å². The number of amides is 1. The third-order valence-electron chi connectivity index (χ3n) is 7.43. The third kappa shape index (κ3) is 4.49. The van der Waals surface area contributed by atoms with Crippen LogP contribution < -0.4 is 9.64 Å². The van der Waals surface area contributed by atoms with E-state index in [4.69, 9.17) is 4.74 Å². The van der Waals surface area contributed by atoms with Gasteiger partial charge in [0.15, 0.2) is 0 Å². The maximum Gasteiger partial charge on any atom is 0.243 e. The number of pyridine rings is 1. The number of ether oxygens (including phenoxy) is 1. The maximum absolute atomic E-state index is 14.3. The Labute approximate surface area is 217 Å². The average Bonchev–Trinajstić information content (AvgIpc) is 2.97. The van der Waals surface area contributed by atoms with Crippen molar-refractivity contribution in [3.8, 4) is 11.8 Å². The highest BCUT2D eigenvalue weighted by Gasteiger charge is 2.47. The molecule has 1 saturated heterocycles. The molecule has 0 unspecified atom stereocenters. The number of fused-ring (bicyclic) bond motifs is 1. The van der Waals surface area contributed by atoms with Crippen molar-refractivity contribution in [3.63, 3.8) is 0 Å². The highest BCUT2D eigenvalue weighted by Crippen LogP contribution is 2.47. The van der Waals surface area contributed by atoms with Crippen LogP contribution in [0.5, 0.6) is 5.75 Å². The number of benzene rings is 3. The van der Waals surface area contributed by atoms with Crippen LogP contribution in [0.4, 0.5) is 5.69 Å². The number of aromatic nitrogens is 1. The van der Waals surface area contributed by atoms with Crippen LogP contribution >= 0.6 is 0 Å². The Hall–Kier alpha value is -4.37. The van der Waals surface area contributed by atoms with E-state index < -0.39 is 11.3 Å². The summed E-state index contributed by atoms with van der Waals surface area (Å²) in [5, 5.41) is 12.8. The molecule has 0 spiro atoms. The minimum absolute atomic E-state index is 0.159. The van der Waals surface area contributed by atoms with Crippen molar-refractivity contribution in [2.45, 2.75) is 12.8 Å². The van der Waals surface area contributed by atoms with Gasteiger partial charge in [0.25, 0.3) is 0 Å². The summed E-state index contributed by atoms with van der Waals surface area (Å²) >= 11 is 0. The molecule has 0 aliphatic carbocycles. The lowest BCUT2D eigenvalue weighted by Gasteiger charge is -2.41. The van der Waals surface area contributed by atoms with E-state index in [0.717, 1.165) is 27.6 Å². The minimum atomic E-state index is -1.35. The van der Waals surface area contributed by atoms with E-state index in [-0.39, 0.29) is 5.91 Å². The second-order valence-electron chi connectivity index (χ2n) is 9.54. The van der Waals surface area contributed by atoms with Gasteiger partial charge < -0.3 is 14.5 Å². The van der Waals surface area contributed by atoms with Gasteiger partial charge in [-0.1, -0.05) is 60.7 Å². The summed E-state index contributed by atoms with van der Waals surface area (Å²) in [6.07, 6.45) is 3.56. The zero-order valence-electron chi connectivity index (χ0n) is 21.2. The Morgan fingerprint density at radius 1 is 0.919 bits per heavy atom. The molecule has 1 amide bonds. The minimum Gasteiger partial charge on any atom is -0.496 e. The summed E-state index contributed by atoms with van der Waals surface area (Å²) in [5.41, 5.74) is 1.51. The molecule has 6 nitrogen and oxygen atoms in total. The number of methoxy groups -OCH3 is 1. The lowest BCUT2D eigenvalue weighted by Crippen LogP contribution is -2.53. The Balaban J connectivity index is 1.56. The number of rotatable bonds is 6. The van der Waals surface area contributed by atoms with Crippen molar-refractivity contribution >= 4 is 22.4 Å². The molecule has 0 saturated carbocycles. The summed E-state index contributed by atoms with van der Waals surface area (Å²) in [4.78, 5) is 22.4. The first kappa shape index (κ1) is 24.3. The predicted molar refractivity (Wildman–Crippen MR) is 146 cm³/mol. The summed E-state index contributed by atoms with van der Waals surface area (Å²) in [6, 6.07) is 28.3. The molecule has 0 bridgehead atoms. The van der Waals surface area contributed by atoms with Crippen LogP contribution in [0, 0.1) is 16.7 Å². The normalized spacial score (nSPS) is 16.0. The first-order valence-corrected chi connectivity index (χ1v) is 12.5. The molecule has 1 aliphatic heterocycles. The monoisotopic (exact) mass is 490 g/mol. The van der Waals surface area contributed by atoms with E-state index >= 15 is 0 Å². The number of nitrogens with zero attached hydrogens (tertiary/aromatic N) is 4. The second-order valence-corrected chi connectivity index (χ2v) is 9.54. The molecular formula is C31H30N4O2. The van der Waals surface area contributed by atoms with Crippen LogP contribution in [0.1, 0.15) is 24.0 Å². The summed E-state index contributed by atoms with van der Waals surface area (Å²) in [6.45, 7) is 4.28. The largest absolute Gasteiger partial charge is 0.496 e. The van der Waals surface area contributed by atoms with Crippen molar-refractivity contribution in [1.29, 1.82) is 5.26 Å². The maximum atomic E-state index is 14.3. The van der Waals surface area contributed by atoms with Crippen LogP contribution in [-0.2, 0) is 4.79 Å². The fourth-order valence-electron chi connectivity index (χ4n) is 5.48.